The molecule has 1 aromatic heterocycles. The van der Waals surface area contributed by atoms with Gasteiger partial charge in [-0.2, -0.15) is 4.31 Å². The van der Waals surface area contributed by atoms with Crippen molar-refractivity contribution in [2.75, 3.05) is 33.3 Å². The summed E-state index contributed by atoms with van der Waals surface area (Å²) in [5.74, 6) is 0.611. The first-order chi connectivity index (χ1) is 12.3. The van der Waals surface area contributed by atoms with E-state index in [1.165, 1.54) is 11.4 Å². The third-order valence-corrected chi connectivity index (χ3v) is 6.23. The molecule has 2 aromatic rings. The molecular formula is C17H21N3O5S. The number of carbonyl (C=O) groups excluding carboxylic acids is 1. The number of rotatable bonds is 4. The molecule has 8 nitrogen and oxygen atoms in total. The van der Waals surface area contributed by atoms with Crippen LogP contribution < -0.4 is 4.74 Å². The zero-order valence-electron chi connectivity index (χ0n) is 14.9. The molecule has 1 aliphatic heterocycles. The Bertz CT molecular complexity index is 914. The summed E-state index contributed by atoms with van der Waals surface area (Å²) in [4.78, 5) is 14.1. The molecule has 2 heterocycles. The van der Waals surface area contributed by atoms with Gasteiger partial charge in [0, 0.05) is 32.2 Å². The van der Waals surface area contributed by atoms with Crippen molar-refractivity contribution in [3.05, 3.63) is 41.3 Å². The number of methoxy groups -OCH3 is 1. The van der Waals surface area contributed by atoms with E-state index in [0.717, 1.165) is 5.56 Å². The molecule has 0 bridgehead atoms. The second kappa shape index (κ2) is 7.08. The van der Waals surface area contributed by atoms with Crippen LogP contribution in [-0.4, -0.2) is 62.0 Å². The maximum absolute atomic E-state index is 13.0. The number of hydrogen-bond acceptors (Lipinski definition) is 6. The van der Waals surface area contributed by atoms with E-state index < -0.39 is 10.0 Å². The maximum Gasteiger partial charge on any atom is 0.276 e. The van der Waals surface area contributed by atoms with E-state index in [4.69, 9.17) is 9.26 Å². The molecule has 26 heavy (non-hydrogen) atoms. The molecule has 9 heteroatoms. The SMILES string of the molecule is COc1ccc(C)cc1S(=O)(=O)N1CCN(C(=O)c2cc(C)on2)CC1. The van der Waals surface area contributed by atoms with Gasteiger partial charge in [-0.15, -0.1) is 0 Å². The Kier molecular flexibility index (Phi) is 5.01. The highest BCUT2D eigenvalue weighted by atomic mass is 32.2. The average Bonchev–Trinajstić information content (AvgIpc) is 3.07. The minimum absolute atomic E-state index is 0.145. The molecule has 1 amide bonds. The van der Waals surface area contributed by atoms with Gasteiger partial charge in [0.1, 0.15) is 16.4 Å². The highest BCUT2D eigenvalue weighted by Gasteiger charge is 2.33. The molecule has 0 saturated carbocycles. The lowest BCUT2D eigenvalue weighted by Gasteiger charge is -2.33. The second-order valence-corrected chi connectivity index (χ2v) is 8.08. The van der Waals surface area contributed by atoms with E-state index in [-0.39, 0.29) is 42.7 Å². The summed E-state index contributed by atoms with van der Waals surface area (Å²) in [6.45, 7) is 4.54. The number of carbonyl (C=O) groups is 1. The second-order valence-electron chi connectivity index (χ2n) is 6.17. The Morgan fingerprint density at radius 3 is 2.42 bits per heavy atom. The van der Waals surface area contributed by atoms with Crippen molar-refractivity contribution in [1.82, 2.24) is 14.4 Å². The van der Waals surface area contributed by atoms with Crippen molar-refractivity contribution in [3.8, 4) is 5.75 Å². The molecule has 0 unspecified atom stereocenters. The zero-order valence-corrected chi connectivity index (χ0v) is 15.7. The fourth-order valence-electron chi connectivity index (χ4n) is 2.89. The summed E-state index contributed by atoms with van der Waals surface area (Å²) in [5, 5.41) is 3.72. The van der Waals surface area contributed by atoms with Crippen molar-refractivity contribution in [3.63, 3.8) is 0 Å². The van der Waals surface area contributed by atoms with Crippen LogP contribution in [0.3, 0.4) is 0 Å². The molecule has 0 spiro atoms. The number of benzene rings is 1. The van der Waals surface area contributed by atoms with Crippen LogP contribution in [0.5, 0.6) is 5.75 Å². The van der Waals surface area contributed by atoms with Crippen LogP contribution in [0.15, 0.2) is 33.7 Å². The molecule has 0 atom stereocenters. The normalized spacial score (nSPS) is 15.9. The molecule has 0 aliphatic carbocycles. The summed E-state index contributed by atoms with van der Waals surface area (Å²) in [6.07, 6.45) is 0. The summed E-state index contributed by atoms with van der Waals surface area (Å²) in [5.41, 5.74) is 1.07. The molecule has 1 fully saturated rings. The summed E-state index contributed by atoms with van der Waals surface area (Å²) in [6, 6.07) is 6.62. The van der Waals surface area contributed by atoms with Crippen LogP contribution in [0.2, 0.25) is 0 Å². The van der Waals surface area contributed by atoms with Gasteiger partial charge in [0.05, 0.1) is 7.11 Å². The van der Waals surface area contributed by atoms with Gasteiger partial charge in [-0.3, -0.25) is 4.79 Å². The first-order valence-corrected chi connectivity index (χ1v) is 9.64. The predicted octanol–water partition coefficient (Wildman–Crippen LogP) is 1.45. The van der Waals surface area contributed by atoms with Crippen LogP contribution in [0, 0.1) is 13.8 Å². The first-order valence-electron chi connectivity index (χ1n) is 8.20. The van der Waals surface area contributed by atoms with Crippen LogP contribution in [-0.2, 0) is 10.0 Å². The minimum atomic E-state index is -3.70. The van der Waals surface area contributed by atoms with Gasteiger partial charge in [0.15, 0.2) is 5.69 Å². The summed E-state index contributed by atoms with van der Waals surface area (Å²) in [7, 11) is -2.26. The lowest BCUT2D eigenvalue weighted by molar-refractivity contribution is 0.0687. The Morgan fingerprint density at radius 2 is 1.85 bits per heavy atom. The fraction of sp³-hybridized carbons (Fsp3) is 0.412. The quantitative estimate of drug-likeness (QED) is 0.798. The van der Waals surface area contributed by atoms with Crippen molar-refractivity contribution in [2.24, 2.45) is 0 Å². The first kappa shape index (κ1) is 18.4. The van der Waals surface area contributed by atoms with E-state index in [2.05, 4.69) is 5.16 Å². The van der Waals surface area contributed by atoms with Crippen LogP contribution in [0.1, 0.15) is 21.8 Å². The Labute approximate surface area is 152 Å². The summed E-state index contributed by atoms with van der Waals surface area (Å²) >= 11 is 0. The molecule has 0 N–H and O–H groups in total. The molecular weight excluding hydrogens is 358 g/mol. The van der Waals surface area contributed by atoms with Gasteiger partial charge >= 0.3 is 0 Å². The average molecular weight is 379 g/mol. The lowest BCUT2D eigenvalue weighted by Crippen LogP contribution is -2.50. The van der Waals surface area contributed by atoms with Gasteiger partial charge in [0.25, 0.3) is 5.91 Å². The maximum atomic E-state index is 13.0. The predicted molar refractivity (Wildman–Crippen MR) is 93.6 cm³/mol. The number of ether oxygens (including phenoxy) is 1. The van der Waals surface area contributed by atoms with Gasteiger partial charge in [-0.25, -0.2) is 8.42 Å². The third kappa shape index (κ3) is 3.45. The number of amides is 1. The molecule has 0 radical (unpaired) electrons. The van der Waals surface area contributed by atoms with Crippen molar-refractivity contribution in [1.29, 1.82) is 0 Å². The van der Waals surface area contributed by atoms with Gasteiger partial charge in [0.2, 0.25) is 10.0 Å². The highest BCUT2D eigenvalue weighted by Crippen LogP contribution is 2.28. The van der Waals surface area contributed by atoms with E-state index in [9.17, 15) is 13.2 Å². The Hall–Kier alpha value is -2.39. The van der Waals surface area contributed by atoms with E-state index >= 15 is 0 Å². The summed E-state index contributed by atoms with van der Waals surface area (Å²) < 4.78 is 37.5. The number of piperazine rings is 1. The van der Waals surface area contributed by atoms with Crippen molar-refractivity contribution in [2.45, 2.75) is 18.7 Å². The van der Waals surface area contributed by atoms with Crippen LogP contribution in [0.25, 0.3) is 0 Å². The number of sulfonamides is 1. The van der Waals surface area contributed by atoms with Crippen molar-refractivity contribution >= 4 is 15.9 Å². The molecule has 3 rings (SSSR count). The Morgan fingerprint density at radius 1 is 1.15 bits per heavy atom. The van der Waals surface area contributed by atoms with Gasteiger partial charge < -0.3 is 14.2 Å². The number of hydrogen-bond donors (Lipinski definition) is 0. The molecule has 1 aromatic carbocycles. The number of aryl methyl sites for hydroxylation is 2. The largest absolute Gasteiger partial charge is 0.495 e. The highest BCUT2D eigenvalue weighted by molar-refractivity contribution is 7.89. The van der Waals surface area contributed by atoms with E-state index in [1.54, 1.807) is 36.1 Å². The van der Waals surface area contributed by atoms with Crippen molar-refractivity contribution < 1.29 is 22.5 Å². The standard InChI is InChI=1S/C17H21N3O5S/c1-12-4-5-15(24-3)16(10-12)26(22,23)20-8-6-19(7-9-20)17(21)14-11-13(2)25-18-14/h4-5,10-11H,6-9H2,1-3H3. The smallest absolute Gasteiger partial charge is 0.276 e. The Balaban J connectivity index is 1.75. The molecule has 1 saturated heterocycles. The molecule has 1 aliphatic rings. The van der Waals surface area contributed by atoms with Crippen LogP contribution >= 0.6 is 0 Å². The zero-order chi connectivity index (χ0) is 18.9. The lowest BCUT2D eigenvalue weighted by atomic mass is 10.2. The third-order valence-electron chi connectivity index (χ3n) is 4.31. The number of aromatic nitrogens is 1. The molecule has 140 valence electrons. The van der Waals surface area contributed by atoms with Crippen LogP contribution in [0.4, 0.5) is 0 Å². The number of nitrogens with zero attached hydrogens (tertiary/aromatic N) is 3. The fourth-order valence-corrected chi connectivity index (χ4v) is 4.55. The topological polar surface area (TPSA) is 93.0 Å². The van der Waals surface area contributed by atoms with E-state index in [0.29, 0.717) is 11.5 Å². The van der Waals surface area contributed by atoms with Gasteiger partial charge in [-0.1, -0.05) is 11.2 Å². The monoisotopic (exact) mass is 379 g/mol. The minimum Gasteiger partial charge on any atom is -0.495 e. The van der Waals surface area contributed by atoms with Gasteiger partial charge in [-0.05, 0) is 31.5 Å². The van der Waals surface area contributed by atoms with E-state index in [1.807, 2.05) is 6.92 Å².